The standard InChI is InChI=1S/C18H21N3O2/c22-18(15-9-5-7-13-6-4-8-14(13)15)21-11-3-1-2-10-16(21)17-19-12-23-20-17/h5,7,9,12,16H,1-4,6,8,10-11H2. The summed E-state index contributed by atoms with van der Waals surface area (Å²) in [6.07, 6.45) is 8.77. The summed E-state index contributed by atoms with van der Waals surface area (Å²) < 4.78 is 4.92. The predicted octanol–water partition coefficient (Wildman–Crippen LogP) is 3.32. The number of fused-ring (bicyclic) bond motifs is 1. The molecule has 0 bridgehead atoms. The molecule has 1 unspecified atom stereocenters. The van der Waals surface area contributed by atoms with Gasteiger partial charge in [0.25, 0.3) is 5.91 Å². The number of carbonyl (C=O) groups excluding carboxylic acids is 1. The van der Waals surface area contributed by atoms with E-state index in [0.717, 1.165) is 57.1 Å². The Hall–Kier alpha value is -2.17. The molecule has 23 heavy (non-hydrogen) atoms. The zero-order valence-electron chi connectivity index (χ0n) is 13.2. The number of rotatable bonds is 2. The quantitative estimate of drug-likeness (QED) is 0.853. The summed E-state index contributed by atoms with van der Waals surface area (Å²) in [6, 6.07) is 6.07. The normalized spacial score (nSPS) is 21.0. The highest BCUT2D eigenvalue weighted by molar-refractivity contribution is 5.96. The average molecular weight is 311 g/mol. The van der Waals surface area contributed by atoms with Crippen LogP contribution >= 0.6 is 0 Å². The number of aryl methyl sites for hydroxylation is 1. The van der Waals surface area contributed by atoms with E-state index in [0.29, 0.717) is 5.82 Å². The molecule has 0 saturated carbocycles. The molecule has 1 atom stereocenters. The maximum absolute atomic E-state index is 13.3. The summed E-state index contributed by atoms with van der Waals surface area (Å²) >= 11 is 0. The van der Waals surface area contributed by atoms with E-state index in [-0.39, 0.29) is 11.9 Å². The molecular weight excluding hydrogens is 290 g/mol. The minimum absolute atomic E-state index is 0.0685. The van der Waals surface area contributed by atoms with Crippen LogP contribution in [0.25, 0.3) is 0 Å². The molecule has 2 aliphatic rings. The zero-order valence-corrected chi connectivity index (χ0v) is 13.2. The van der Waals surface area contributed by atoms with Gasteiger partial charge in [0.15, 0.2) is 5.82 Å². The Bertz CT molecular complexity index is 696. The van der Waals surface area contributed by atoms with E-state index in [1.165, 1.54) is 17.5 Å². The van der Waals surface area contributed by atoms with Gasteiger partial charge in [0, 0.05) is 12.1 Å². The average Bonchev–Trinajstić information content (AvgIpc) is 3.21. The smallest absolute Gasteiger partial charge is 0.254 e. The summed E-state index contributed by atoms with van der Waals surface area (Å²) in [7, 11) is 0. The van der Waals surface area contributed by atoms with Crippen molar-refractivity contribution in [1.29, 1.82) is 0 Å². The number of amides is 1. The molecular formula is C18H21N3O2. The van der Waals surface area contributed by atoms with Gasteiger partial charge >= 0.3 is 0 Å². The molecule has 0 radical (unpaired) electrons. The highest BCUT2D eigenvalue weighted by Gasteiger charge is 2.32. The van der Waals surface area contributed by atoms with Crippen molar-refractivity contribution in [3.63, 3.8) is 0 Å². The van der Waals surface area contributed by atoms with Crippen LogP contribution in [0.2, 0.25) is 0 Å². The molecule has 1 aliphatic heterocycles. The number of hydrogen-bond acceptors (Lipinski definition) is 4. The van der Waals surface area contributed by atoms with Gasteiger partial charge in [-0.2, -0.15) is 4.98 Å². The molecule has 2 aromatic rings. The largest absolute Gasteiger partial charge is 0.343 e. The van der Waals surface area contributed by atoms with Crippen LogP contribution in [0.5, 0.6) is 0 Å². The van der Waals surface area contributed by atoms with Crippen LogP contribution in [0.1, 0.15) is 65.5 Å². The summed E-state index contributed by atoms with van der Waals surface area (Å²) in [5, 5.41) is 4.00. The van der Waals surface area contributed by atoms with Gasteiger partial charge in [-0.3, -0.25) is 4.79 Å². The molecule has 0 spiro atoms. The van der Waals surface area contributed by atoms with E-state index < -0.39 is 0 Å². The molecule has 1 amide bonds. The number of likely N-dealkylation sites (tertiary alicyclic amines) is 1. The Morgan fingerprint density at radius 1 is 1.17 bits per heavy atom. The van der Waals surface area contributed by atoms with Crippen molar-refractivity contribution in [2.45, 2.75) is 51.0 Å². The van der Waals surface area contributed by atoms with Crippen LogP contribution in [0.15, 0.2) is 29.1 Å². The monoisotopic (exact) mass is 311 g/mol. The molecule has 1 aromatic heterocycles. The van der Waals surface area contributed by atoms with E-state index in [1.807, 2.05) is 17.0 Å². The molecule has 1 saturated heterocycles. The van der Waals surface area contributed by atoms with Crippen LogP contribution in [0.3, 0.4) is 0 Å². The number of aromatic nitrogens is 2. The predicted molar refractivity (Wildman–Crippen MR) is 85.0 cm³/mol. The van der Waals surface area contributed by atoms with Crippen LogP contribution in [-0.2, 0) is 12.8 Å². The second kappa shape index (κ2) is 6.14. The Morgan fingerprint density at radius 2 is 2.13 bits per heavy atom. The summed E-state index contributed by atoms with van der Waals surface area (Å²) in [5.74, 6) is 0.758. The third-order valence-corrected chi connectivity index (χ3v) is 5.07. The lowest BCUT2D eigenvalue weighted by Gasteiger charge is -2.28. The third kappa shape index (κ3) is 2.64. The van der Waals surface area contributed by atoms with Crippen LogP contribution < -0.4 is 0 Å². The van der Waals surface area contributed by atoms with Crippen LogP contribution in [0, 0.1) is 0 Å². The van der Waals surface area contributed by atoms with Gasteiger partial charge in [-0.25, -0.2) is 0 Å². The second-order valence-electron chi connectivity index (χ2n) is 6.45. The van der Waals surface area contributed by atoms with Gasteiger partial charge in [-0.05, 0) is 49.3 Å². The number of hydrogen-bond donors (Lipinski definition) is 0. The first-order valence-corrected chi connectivity index (χ1v) is 8.52. The van der Waals surface area contributed by atoms with E-state index in [1.54, 1.807) is 0 Å². The van der Waals surface area contributed by atoms with Gasteiger partial charge in [0.05, 0.1) is 6.04 Å². The van der Waals surface area contributed by atoms with Crippen molar-refractivity contribution in [3.8, 4) is 0 Å². The van der Waals surface area contributed by atoms with Crippen LogP contribution in [-0.4, -0.2) is 27.5 Å². The topological polar surface area (TPSA) is 59.2 Å². The van der Waals surface area contributed by atoms with E-state index >= 15 is 0 Å². The SMILES string of the molecule is O=C(c1cccc2c1CCC2)N1CCCCCC1c1ncon1. The highest BCUT2D eigenvalue weighted by atomic mass is 16.5. The molecule has 1 aliphatic carbocycles. The van der Waals surface area contributed by atoms with Gasteiger partial charge in [0.1, 0.15) is 0 Å². The fourth-order valence-corrected chi connectivity index (χ4v) is 3.92. The van der Waals surface area contributed by atoms with Crippen molar-refractivity contribution in [2.75, 3.05) is 6.54 Å². The van der Waals surface area contributed by atoms with Crippen molar-refractivity contribution in [2.24, 2.45) is 0 Å². The summed E-state index contributed by atoms with van der Waals surface area (Å²) in [5.41, 5.74) is 3.45. The van der Waals surface area contributed by atoms with Crippen molar-refractivity contribution < 1.29 is 9.32 Å². The van der Waals surface area contributed by atoms with Gasteiger partial charge < -0.3 is 9.42 Å². The van der Waals surface area contributed by atoms with Gasteiger partial charge in [-0.15, -0.1) is 0 Å². The van der Waals surface area contributed by atoms with E-state index in [2.05, 4.69) is 16.2 Å². The zero-order chi connectivity index (χ0) is 15.6. The Kier molecular flexibility index (Phi) is 3.85. The van der Waals surface area contributed by atoms with Gasteiger partial charge in [-0.1, -0.05) is 30.1 Å². The van der Waals surface area contributed by atoms with Crippen molar-refractivity contribution in [1.82, 2.24) is 15.0 Å². The molecule has 0 N–H and O–H groups in total. The highest BCUT2D eigenvalue weighted by Crippen LogP contribution is 2.32. The third-order valence-electron chi connectivity index (χ3n) is 5.07. The number of carbonyl (C=O) groups is 1. The fraction of sp³-hybridized carbons (Fsp3) is 0.500. The first kappa shape index (κ1) is 14.4. The number of nitrogens with zero attached hydrogens (tertiary/aromatic N) is 3. The van der Waals surface area contributed by atoms with E-state index in [9.17, 15) is 4.79 Å². The first-order valence-electron chi connectivity index (χ1n) is 8.52. The minimum atomic E-state index is -0.0685. The van der Waals surface area contributed by atoms with Gasteiger partial charge in [0.2, 0.25) is 6.39 Å². The molecule has 1 aromatic carbocycles. The lowest BCUT2D eigenvalue weighted by molar-refractivity contribution is 0.0669. The van der Waals surface area contributed by atoms with E-state index in [4.69, 9.17) is 4.52 Å². The molecule has 5 heteroatoms. The summed E-state index contributed by atoms with van der Waals surface area (Å²) in [4.78, 5) is 19.4. The Labute approximate surface area is 135 Å². The lowest BCUT2D eigenvalue weighted by Crippen LogP contribution is -2.35. The molecule has 4 rings (SSSR count). The summed E-state index contributed by atoms with van der Waals surface area (Å²) in [6.45, 7) is 0.766. The Balaban J connectivity index is 1.69. The lowest BCUT2D eigenvalue weighted by atomic mass is 10.0. The minimum Gasteiger partial charge on any atom is -0.343 e. The second-order valence-corrected chi connectivity index (χ2v) is 6.45. The fourth-order valence-electron chi connectivity index (χ4n) is 3.92. The maximum Gasteiger partial charge on any atom is 0.254 e. The van der Waals surface area contributed by atoms with Crippen molar-refractivity contribution >= 4 is 5.91 Å². The molecule has 5 nitrogen and oxygen atoms in total. The molecule has 120 valence electrons. The van der Waals surface area contributed by atoms with Crippen LogP contribution in [0.4, 0.5) is 0 Å². The number of benzene rings is 1. The maximum atomic E-state index is 13.3. The first-order chi connectivity index (χ1) is 11.3. The molecule has 2 heterocycles. The Morgan fingerprint density at radius 3 is 3.00 bits per heavy atom. The molecule has 1 fully saturated rings. The van der Waals surface area contributed by atoms with Crippen molar-refractivity contribution in [3.05, 3.63) is 47.1 Å².